The minimum absolute atomic E-state index is 0.0190. The molecule has 2 heterocycles. The molecule has 0 atom stereocenters. The van der Waals surface area contributed by atoms with Gasteiger partial charge in [0.05, 0.1) is 5.69 Å². The smallest absolute Gasteiger partial charge is 0.319 e. The molecule has 0 saturated carbocycles. The second kappa shape index (κ2) is 5.52. The molecule has 0 radical (unpaired) electrons. The maximum atomic E-state index is 12.4. The van der Waals surface area contributed by atoms with Gasteiger partial charge in [0, 0.05) is 40.3 Å². The van der Waals surface area contributed by atoms with Crippen molar-refractivity contribution >= 4 is 11.9 Å². The van der Waals surface area contributed by atoms with E-state index in [-0.39, 0.29) is 11.9 Å². The molecule has 1 aromatic rings. The molecule has 1 aliphatic rings. The van der Waals surface area contributed by atoms with Crippen LogP contribution in [-0.2, 0) is 0 Å². The van der Waals surface area contributed by atoms with Crippen molar-refractivity contribution in [3.05, 3.63) is 17.0 Å². The van der Waals surface area contributed by atoms with Crippen LogP contribution in [0.3, 0.4) is 0 Å². The molecule has 3 amide bonds. The van der Waals surface area contributed by atoms with Gasteiger partial charge in [-0.15, -0.1) is 0 Å². The summed E-state index contributed by atoms with van der Waals surface area (Å²) in [7, 11) is 3.45. The molecular formula is C13H20N4O3. The van der Waals surface area contributed by atoms with Gasteiger partial charge in [0.25, 0.3) is 5.91 Å². The number of carbonyl (C=O) groups excluding carboxylic acids is 2. The van der Waals surface area contributed by atoms with E-state index in [1.165, 1.54) is 0 Å². The molecule has 1 aliphatic heterocycles. The van der Waals surface area contributed by atoms with Crippen LogP contribution in [0.2, 0.25) is 0 Å². The molecule has 20 heavy (non-hydrogen) atoms. The van der Waals surface area contributed by atoms with Gasteiger partial charge in [-0.25, -0.2) is 4.79 Å². The van der Waals surface area contributed by atoms with Crippen molar-refractivity contribution in [3.63, 3.8) is 0 Å². The third-order valence-corrected chi connectivity index (χ3v) is 3.47. The number of hydrogen-bond donors (Lipinski definition) is 0. The average molecular weight is 280 g/mol. The first kappa shape index (κ1) is 14.4. The number of nitrogens with zero attached hydrogens (tertiary/aromatic N) is 4. The topological polar surface area (TPSA) is 69.9 Å². The predicted molar refractivity (Wildman–Crippen MR) is 72.5 cm³/mol. The van der Waals surface area contributed by atoms with E-state index in [9.17, 15) is 9.59 Å². The Morgan fingerprint density at radius 2 is 1.65 bits per heavy atom. The van der Waals surface area contributed by atoms with E-state index in [0.29, 0.717) is 43.2 Å². The predicted octanol–water partition coefficient (Wildman–Crippen LogP) is 0.731. The molecule has 0 aromatic carbocycles. The van der Waals surface area contributed by atoms with Crippen molar-refractivity contribution in [2.45, 2.75) is 13.8 Å². The van der Waals surface area contributed by atoms with E-state index in [1.54, 1.807) is 42.6 Å². The van der Waals surface area contributed by atoms with Gasteiger partial charge in [0.2, 0.25) is 0 Å². The number of piperazine rings is 1. The monoisotopic (exact) mass is 280 g/mol. The Balaban J connectivity index is 2.01. The van der Waals surface area contributed by atoms with Crippen LogP contribution in [0.25, 0.3) is 0 Å². The number of aromatic nitrogens is 1. The maximum Gasteiger partial charge on any atom is 0.319 e. The lowest BCUT2D eigenvalue weighted by molar-refractivity contribution is 0.0648. The van der Waals surface area contributed by atoms with Crippen molar-refractivity contribution in [3.8, 4) is 0 Å². The van der Waals surface area contributed by atoms with Crippen LogP contribution in [-0.4, -0.2) is 72.1 Å². The fraction of sp³-hybridized carbons (Fsp3) is 0.615. The normalized spacial score (nSPS) is 15.4. The first-order valence-corrected chi connectivity index (χ1v) is 6.60. The molecule has 0 bridgehead atoms. The molecule has 0 unspecified atom stereocenters. The van der Waals surface area contributed by atoms with Crippen LogP contribution in [0.4, 0.5) is 4.79 Å². The Bertz CT molecular complexity index is 496. The van der Waals surface area contributed by atoms with Crippen LogP contribution in [0.5, 0.6) is 0 Å². The number of carbonyl (C=O) groups is 2. The van der Waals surface area contributed by atoms with Gasteiger partial charge in [-0.05, 0) is 13.8 Å². The Morgan fingerprint density at radius 1 is 1.10 bits per heavy atom. The highest BCUT2D eigenvalue weighted by molar-refractivity contribution is 5.96. The van der Waals surface area contributed by atoms with Crippen LogP contribution in [0.15, 0.2) is 4.52 Å². The third-order valence-electron chi connectivity index (χ3n) is 3.47. The lowest BCUT2D eigenvalue weighted by Crippen LogP contribution is -2.53. The average Bonchev–Trinajstić information content (AvgIpc) is 2.76. The summed E-state index contributed by atoms with van der Waals surface area (Å²) in [5.41, 5.74) is 1.15. The highest BCUT2D eigenvalue weighted by atomic mass is 16.5. The highest BCUT2D eigenvalue weighted by Gasteiger charge is 2.28. The molecule has 1 saturated heterocycles. The van der Waals surface area contributed by atoms with E-state index in [4.69, 9.17) is 4.52 Å². The summed E-state index contributed by atoms with van der Waals surface area (Å²) in [6.07, 6.45) is 0. The molecule has 110 valence electrons. The van der Waals surface area contributed by atoms with Crippen LogP contribution < -0.4 is 0 Å². The van der Waals surface area contributed by atoms with Gasteiger partial charge in [0.15, 0.2) is 0 Å². The van der Waals surface area contributed by atoms with Gasteiger partial charge in [-0.3, -0.25) is 4.79 Å². The Hall–Kier alpha value is -2.05. The summed E-state index contributed by atoms with van der Waals surface area (Å²) in [4.78, 5) is 29.3. The molecule has 1 fully saturated rings. The molecule has 0 aliphatic carbocycles. The molecule has 7 heteroatoms. The van der Waals surface area contributed by atoms with Gasteiger partial charge in [-0.2, -0.15) is 0 Å². The van der Waals surface area contributed by atoms with Crippen molar-refractivity contribution < 1.29 is 14.1 Å². The highest BCUT2D eigenvalue weighted by Crippen LogP contribution is 2.16. The minimum Gasteiger partial charge on any atom is -0.361 e. The number of amides is 3. The fourth-order valence-electron chi connectivity index (χ4n) is 2.33. The summed E-state index contributed by atoms with van der Waals surface area (Å²) in [5, 5.41) is 3.80. The van der Waals surface area contributed by atoms with E-state index in [2.05, 4.69) is 5.16 Å². The van der Waals surface area contributed by atoms with Gasteiger partial charge < -0.3 is 19.2 Å². The first-order valence-electron chi connectivity index (χ1n) is 6.60. The summed E-state index contributed by atoms with van der Waals surface area (Å²) in [6, 6.07) is -0.0190. The summed E-state index contributed by atoms with van der Waals surface area (Å²) in [6.45, 7) is 5.65. The van der Waals surface area contributed by atoms with Crippen molar-refractivity contribution in [1.29, 1.82) is 0 Å². The second-order valence-electron chi connectivity index (χ2n) is 5.16. The quantitative estimate of drug-likeness (QED) is 0.760. The number of hydrogen-bond acceptors (Lipinski definition) is 4. The third kappa shape index (κ3) is 2.61. The number of rotatable bonds is 1. The fourth-order valence-corrected chi connectivity index (χ4v) is 2.33. The van der Waals surface area contributed by atoms with Gasteiger partial charge >= 0.3 is 6.03 Å². The van der Waals surface area contributed by atoms with Crippen LogP contribution >= 0.6 is 0 Å². The van der Waals surface area contributed by atoms with Gasteiger partial charge in [-0.1, -0.05) is 5.16 Å². The first-order chi connectivity index (χ1) is 9.41. The minimum atomic E-state index is -0.0711. The number of urea groups is 1. The molecule has 0 N–H and O–H groups in total. The molecule has 1 aromatic heterocycles. The van der Waals surface area contributed by atoms with Crippen molar-refractivity contribution in [2.75, 3.05) is 40.3 Å². The summed E-state index contributed by atoms with van der Waals surface area (Å²) < 4.78 is 5.03. The molecule has 7 nitrogen and oxygen atoms in total. The van der Waals surface area contributed by atoms with Crippen molar-refractivity contribution in [1.82, 2.24) is 19.9 Å². The van der Waals surface area contributed by atoms with E-state index in [0.717, 1.165) is 0 Å². The van der Waals surface area contributed by atoms with Crippen LogP contribution in [0.1, 0.15) is 21.8 Å². The largest absolute Gasteiger partial charge is 0.361 e. The number of aryl methyl sites for hydroxylation is 2. The SMILES string of the molecule is Cc1noc(C)c1C(=O)N1CCN(C(=O)N(C)C)CC1. The zero-order chi connectivity index (χ0) is 14.9. The van der Waals surface area contributed by atoms with E-state index in [1.807, 2.05) is 0 Å². The van der Waals surface area contributed by atoms with E-state index >= 15 is 0 Å². The Kier molecular flexibility index (Phi) is 3.96. The summed E-state index contributed by atoms with van der Waals surface area (Å²) in [5.74, 6) is 0.470. The van der Waals surface area contributed by atoms with Gasteiger partial charge in [0.1, 0.15) is 11.3 Å². The zero-order valence-electron chi connectivity index (χ0n) is 12.3. The Labute approximate surface area is 118 Å². The van der Waals surface area contributed by atoms with Crippen LogP contribution in [0, 0.1) is 13.8 Å². The lowest BCUT2D eigenvalue weighted by Gasteiger charge is -2.35. The summed E-state index contributed by atoms with van der Waals surface area (Å²) >= 11 is 0. The lowest BCUT2D eigenvalue weighted by atomic mass is 10.1. The molecule has 0 spiro atoms. The molecule has 2 rings (SSSR count). The molecular weight excluding hydrogens is 260 g/mol. The standard InChI is InChI=1S/C13H20N4O3/c1-9-11(10(2)20-14-9)12(18)16-5-7-17(8-6-16)13(19)15(3)4/h5-8H2,1-4H3. The van der Waals surface area contributed by atoms with Crippen molar-refractivity contribution in [2.24, 2.45) is 0 Å². The maximum absolute atomic E-state index is 12.4. The zero-order valence-corrected chi connectivity index (χ0v) is 12.3. The second-order valence-corrected chi connectivity index (χ2v) is 5.16. The Morgan fingerprint density at radius 3 is 2.10 bits per heavy atom. The van der Waals surface area contributed by atoms with E-state index < -0.39 is 0 Å².